The summed E-state index contributed by atoms with van der Waals surface area (Å²) < 4.78 is 11.0. The normalized spacial score (nSPS) is 13.0. The van der Waals surface area contributed by atoms with E-state index in [1.807, 2.05) is 0 Å². The fourth-order valence-electron chi connectivity index (χ4n) is 2.13. The Bertz CT molecular complexity index is 863. The van der Waals surface area contributed by atoms with Crippen LogP contribution in [0.3, 0.4) is 0 Å². The quantitative estimate of drug-likeness (QED) is 0.364. The van der Waals surface area contributed by atoms with E-state index in [2.05, 4.69) is 10.2 Å². The second-order valence-corrected chi connectivity index (χ2v) is 7.31. The molecule has 0 bridgehead atoms. The van der Waals surface area contributed by atoms with Crippen LogP contribution in [0.4, 0.5) is 11.4 Å². The van der Waals surface area contributed by atoms with Crippen LogP contribution >= 0.6 is 7.60 Å². The highest BCUT2D eigenvalue weighted by Crippen LogP contribution is 2.39. The average molecular weight is 379 g/mol. The predicted octanol–water partition coefficient (Wildman–Crippen LogP) is 2.44. The third-order valence-corrected chi connectivity index (χ3v) is 4.19. The number of phenolic OH excluding ortho intramolecular Hbond substituents is 1. The fourth-order valence-corrected chi connectivity index (χ4v) is 2.82. The summed E-state index contributed by atoms with van der Waals surface area (Å²) in [6, 6.07) is 9.47. The number of rotatable bonds is 7. The van der Waals surface area contributed by atoms with Crippen LogP contribution in [0, 0.1) is 0 Å². The molecular weight excluding hydrogens is 361 g/mol. The van der Waals surface area contributed by atoms with Gasteiger partial charge in [0.1, 0.15) is 17.5 Å². The highest BCUT2D eigenvalue weighted by molar-refractivity contribution is 7.50. The van der Waals surface area contributed by atoms with Gasteiger partial charge in [-0.1, -0.05) is 18.2 Å². The first-order valence-electron chi connectivity index (χ1n) is 7.49. The molecule has 6 N–H and O–H groups in total. The molecule has 0 radical (unpaired) electrons. The third-order valence-electron chi connectivity index (χ3n) is 3.41. The number of phenols is 1. The summed E-state index contributed by atoms with van der Waals surface area (Å²) in [5.41, 5.74) is 7.11. The SMILES string of the molecule is NC(Cc1ccc(O)c(N=Nc2ccc(CP(=O)(O)O)cc2)c1)C(=O)O. The molecule has 0 saturated heterocycles. The molecule has 0 aliphatic rings. The predicted molar refractivity (Wildman–Crippen MR) is 93.8 cm³/mol. The van der Waals surface area contributed by atoms with Crippen molar-refractivity contribution in [3.8, 4) is 5.75 Å². The van der Waals surface area contributed by atoms with Crippen LogP contribution in [-0.4, -0.2) is 32.0 Å². The van der Waals surface area contributed by atoms with Gasteiger partial charge in [0, 0.05) is 0 Å². The van der Waals surface area contributed by atoms with Gasteiger partial charge in [-0.3, -0.25) is 9.36 Å². The third kappa shape index (κ3) is 6.05. The van der Waals surface area contributed by atoms with Crippen molar-refractivity contribution in [2.24, 2.45) is 16.0 Å². The smallest absolute Gasteiger partial charge is 0.329 e. The Labute approximate surface area is 149 Å². The Balaban J connectivity index is 2.14. The Hall–Kier alpha value is -2.58. The number of aliphatic carboxylic acids is 1. The number of hydrogen-bond donors (Lipinski definition) is 5. The minimum absolute atomic E-state index is 0.0786. The van der Waals surface area contributed by atoms with Crippen molar-refractivity contribution in [3.05, 3.63) is 53.6 Å². The lowest BCUT2D eigenvalue weighted by molar-refractivity contribution is -0.138. The van der Waals surface area contributed by atoms with Crippen molar-refractivity contribution in [1.82, 2.24) is 0 Å². The molecule has 0 aliphatic carbocycles. The van der Waals surface area contributed by atoms with Gasteiger partial charge in [-0.05, 0) is 41.8 Å². The van der Waals surface area contributed by atoms with Crippen molar-refractivity contribution in [2.75, 3.05) is 0 Å². The highest BCUT2D eigenvalue weighted by atomic mass is 31.2. The van der Waals surface area contributed by atoms with Crippen molar-refractivity contribution in [2.45, 2.75) is 18.6 Å². The van der Waals surface area contributed by atoms with E-state index in [4.69, 9.17) is 20.6 Å². The molecule has 0 fully saturated rings. The summed E-state index contributed by atoms with van der Waals surface area (Å²) in [5.74, 6) is -1.25. The molecule has 9 nitrogen and oxygen atoms in total. The topological polar surface area (TPSA) is 166 Å². The van der Waals surface area contributed by atoms with Crippen LogP contribution in [0.2, 0.25) is 0 Å². The summed E-state index contributed by atoms with van der Waals surface area (Å²) >= 11 is 0. The fraction of sp³-hybridized carbons (Fsp3) is 0.188. The number of azo groups is 1. The van der Waals surface area contributed by atoms with Gasteiger partial charge in [0.2, 0.25) is 0 Å². The number of benzene rings is 2. The summed E-state index contributed by atoms with van der Waals surface area (Å²) in [4.78, 5) is 28.7. The molecule has 0 aromatic heterocycles. The van der Waals surface area contributed by atoms with E-state index in [0.717, 1.165) is 0 Å². The van der Waals surface area contributed by atoms with Gasteiger partial charge in [-0.2, -0.15) is 5.11 Å². The molecule has 10 heteroatoms. The van der Waals surface area contributed by atoms with Gasteiger partial charge in [0.25, 0.3) is 0 Å². The van der Waals surface area contributed by atoms with Crippen LogP contribution in [0.25, 0.3) is 0 Å². The van der Waals surface area contributed by atoms with Gasteiger partial charge in [0.15, 0.2) is 0 Å². The van der Waals surface area contributed by atoms with E-state index in [0.29, 0.717) is 16.8 Å². The molecule has 2 aromatic rings. The maximum Gasteiger partial charge on any atom is 0.329 e. The van der Waals surface area contributed by atoms with Gasteiger partial charge < -0.3 is 25.7 Å². The molecule has 0 saturated carbocycles. The zero-order valence-corrected chi connectivity index (χ0v) is 14.5. The number of nitrogens with two attached hydrogens (primary N) is 1. The molecule has 0 heterocycles. The maximum atomic E-state index is 11.0. The molecule has 0 amide bonds. The van der Waals surface area contributed by atoms with E-state index in [1.165, 1.54) is 36.4 Å². The van der Waals surface area contributed by atoms with Crippen molar-refractivity contribution in [1.29, 1.82) is 0 Å². The Morgan fingerprint density at radius 1 is 1.08 bits per heavy atom. The van der Waals surface area contributed by atoms with E-state index >= 15 is 0 Å². The van der Waals surface area contributed by atoms with Crippen LogP contribution in [0.5, 0.6) is 5.75 Å². The largest absolute Gasteiger partial charge is 0.506 e. The molecule has 2 rings (SSSR count). The van der Waals surface area contributed by atoms with Crippen molar-refractivity contribution < 1.29 is 29.4 Å². The monoisotopic (exact) mass is 379 g/mol. The minimum atomic E-state index is -4.14. The van der Waals surface area contributed by atoms with Crippen LogP contribution in [-0.2, 0) is 21.9 Å². The lowest BCUT2D eigenvalue weighted by Crippen LogP contribution is -2.32. The summed E-state index contributed by atoms with van der Waals surface area (Å²) in [6.07, 6.45) is -0.285. The molecule has 0 aliphatic heterocycles. The zero-order chi connectivity index (χ0) is 19.3. The number of carboxylic acid groups (broad SMARTS) is 1. The van der Waals surface area contributed by atoms with Gasteiger partial charge >= 0.3 is 13.6 Å². The standard InChI is InChI=1S/C16H18N3O6P/c17-13(16(21)22)7-11-3-6-15(20)14(8-11)19-18-12-4-1-10(2-5-12)9-26(23,24)25/h1-6,8,13,20H,7,9,17H2,(H,21,22)(H2,23,24,25). The first-order chi connectivity index (χ1) is 12.1. The van der Waals surface area contributed by atoms with Crippen LogP contribution < -0.4 is 5.73 Å². The van der Waals surface area contributed by atoms with E-state index in [1.54, 1.807) is 6.07 Å². The molecule has 1 unspecified atom stereocenters. The van der Waals surface area contributed by atoms with Gasteiger partial charge in [-0.15, -0.1) is 5.11 Å². The van der Waals surface area contributed by atoms with E-state index in [9.17, 15) is 14.5 Å². The summed E-state index contributed by atoms with van der Waals surface area (Å²) in [6.45, 7) is 0. The first-order valence-corrected chi connectivity index (χ1v) is 9.29. The number of nitrogens with zero attached hydrogens (tertiary/aromatic N) is 2. The number of carboxylic acids is 1. The lowest BCUT2D eigenvalue weighted by Gasteiger charge is -2.07. The number of carbonyl (C=O) groups is 1. The average Bonchev–Trinajstić information content (AvgIpc) is 2.55. The molecule has 26 heavy (non-hydrogen) atoms. The van der Waals surface area contributed by atoms with E-state index in [-0.39, 0.29) is 24.0 Å². The first kappa shape index (κ1) is 19.7. The maximum absolute atomic E-state index is 11.0. The second kappa shape index (κ2) is 8.20. The Morgan fingerprint density at radius 2 is 1.69 bits per heavy atom. The van der Waals surface area contributed by atoms with Crippen molar-refractivity contribution in [3.63, 3.8) is 0 Å². The molecule has 138 valence electrons. The van der Waals surface area contributed by atoms with Gasteiger partial charge in [0.05, 0.1) is 11.8 Å². The highest BCUT2D eigenvalue weighted by Gasteiger charge is 2.14. The Morgan fingerprint density at radius 3 is 2.27 bits per heavy atom. The second-order valence-electron chi connectivity index (χ2n) is 5.66. The van der Waals surface area contributed by atoms with Crippen LogP contribution in [0.15, 0.2) is 52.7 Å². The summed E-state index contributed by atoms with van der Waals surface area (Å²) in [5, 5.41) is 26.6. The number of aromatic hydroxyl groups is 1. The van der Waals surface area contributed by atoms with Crippen LogP contribution in [0.1, 0.15) is 11.1 Å². The zero-order valence-electron chi connectivity index (χ0n) is 13.6. The number of hydrogen-bond acceptors (Lipinski definition) is 6. The molecule has 1 atom stereocenters. The van der Waals surface area contributed by atoms with Gasteiger partial charge in [-0.25, -0.2) is 0 Å². The summed E-state index contributed by atoms with van der Waals surface area (Å²) in [7, 11) is -4.14. The minimum Gasteiger partial charge on any atom is -0.506 e. The van der Waals surface area contributed by atoms with E-state index < -0.39 is 19.6 Å². The molecular formula is C16H18N3O6P. The Kier molecular flexibility index (Phi) is 6.23. The lowest BCUT2D eigenvalue weighted by atomic mass is 10.1. The van der Waals surface area contributed by atoms with Crippen molar-refractivity contribution >= 4 is 24.9 Å². The molecule has 2 aromatic carbocycles. The molecule has 0 spiro atoms.